The number of amides is 1. The summed E-state index contributed by atoms with van der Waals surface area (Å²) in [5.74, 6) is 1.20. The number of aromatic nitrogens is 2. The van der Waals surface area contributed by atoms with E-state index in [1.807, 2.05) is 16.3 Å². The maximum Gasteiger partial charge on any atom is 0.258 e. The number of halogens is 1. The average Bonchev–Trinajstić information content (AvgIpc) is 3.23. The van der Waals surface area contributed by atoms with E-state index in [4.69, 9.17) is 21.1 Å². The fourth-order valence-corrected chi connectivity index (χ4v) is 4.93. The maximum atomic E-state index is 12.8. The predicted molar refractivity (Wildman–Crippen MR) is 117 cm³/mol. The van der Waals surface area contributed by atoms with Gasteiger partial charge >= 0.3 is 0 Å². The quantitative estimate of drug-likeness (QED) is 0.593. The molecule has 162 valence electrons. The molecular formula is C21H21ClN4O4S. The second-order valence-electron chi connectivity index (χ2n) is 7.58. The van der Waals surface area contributed by atoms with E-state index < -0.39 is 0 Å². The van der Waals surface area contributed by atoms with Gasteiger partial charge in [-0.1, -0.05) is 11.6 Å². The number of carbonyl (C=O) groups excluding carboxylic acids is 1. The van der Waals surface area contributed by atoms with E-state index in [1.54, 1.807) is 22.7 Å². The summed E-state index contributed by atoms with van der Waals surface area (Å²) in [6.45, 7) is 4.29. The predicted octanol–water partition coefficient (Wildman–Crippen LogP) is 2.07. The van der Waals surface area contributed by atoms with Crippen LogP contribution in [0.2, 0.25) is 5.02 Å². The Labute approximate surface area is 187 Å². The second-order valence-corrected chi connectivity index (χ2v) is 8.86. The highest BCUT2D eigenvalue weighted by atomic mass is 35.5. The van der Waals surface area contributed by atoms with E-state index in [-0.39, 0.29) is 17.9 Å². The van der Waals surface area contributed by atoms with Gasteiger partial charge in [0, 0.05) is 50.4 Å². The molecule has 0 N–H and O–H groups in total. The SMILES string of the molecule is O=C(Cc1cc(Cl)c2c(c1)OCCO2)N1CCN(Cc2cc(=O)n3ccsc3n2)CC1. The van der Waals surface area contributed by atoms with Crippen molar-refractivity contribution in [3.63, 3.8) is 0 Å². The first kappa shape index (κ1) is 20.3. The Morgan fingerprint density at radius 3 is 2.77 bits per heavy atom. The summed E-state index contributed by atoms with van der Waals surface area (Å²) in [5.41, 5.74) is 1.52. The number of nitrogens with zero attached hydrogens (tertiary/aromatic N) is 4. The Bertz CT molecular complexity index is 1190. The van der Waals surface area contributed by atoms with Crippen LogP contribution in [-0.2, 0) is 17.8 Å². The van der Waals surface area contributed by atoms with Gasteiger partial charge in [0.05, 0.1) is 17.1 Å². The van der Waals surface area contributed by atoms with Crippen LogP contribution >= 0.6 is 22.9 Å². The molecule has 0 radical (unpaired) electrons. The molecule has 0 unspecified atom stereocenters. The number of benzene rings is 1. The van der Waals surface area contributed by atoms with E-state index in [0.717, 1.165) is 24.3 Å². The van der Waals surface area contributed by atoms with Gasteiger partial charge in [0.1, 0.15) is 13.2 Å². The Kier molecular flexibility index (Phi) is 5.56. The molecule has 0 aliphatic carbocycles. The Balaban J connectivity index is 1.19. The topological polar surface area (TPSA) is 76.4 Å². The molecule has 0 saturated carbocycles. The molecule has 1 aromatic carbocycles. The zero-order chi connectivity index (χ0) is 21.4. The minimum atomic E-state index is -0.0619. The molecule has 5 rings (SSSR count). The standard InChI is InChI=1S/C21H21ClN4O4S/c22-16-9-14(10-17-20(16)30-7-6-29-17)11-18(27)25-3-1-24(2-4-25)13-15-12-19(28)26-5-8-31-21(26)23-15/h5,8-10,12H,1-4,6-7,11,13H2. The van der Waals surface area contributed by atoms with Crippen LogP contribution in [0, 0.1) is 0 Å². The van der Waals surface area contributed by atoms with Crippen LogP contribution in [-0.4, -0.2) is 64.5 Å². The first-order valence-electron chi connectivity index (χ1n) is 10.1. The van der Waals surface area contributed by atoms with Crippen LogP contribution in [0.25, 0.3) is 4.96 Å². The van der Waals surface area contributed by atoms with Gasteiger partial charge in [-0.3, -0.25) is 18.9 Å². The number of rotatable bonds is 4. The number of thiazole rings is 1. The van der Waals surface area contributed by atoms with Crippen molar-refractivity contribution in [3.8, 4) is 11.5 Å². The van der Waals surface area contributed by atoms with E-state index in [0.29, 0.717) is 54.3 Å². The van der Waals surface area contributed by atoms with Crippen molar-refractivity contribution in [1.29, 1.82) is 0 Å². The third kappa shape index (κ3) is 4.26. The number of ether oxygens (including phenoxy) is 2. The molecule has 10 heteroatoms. The summed E-state index contributed by atoms with van der Waals surface area (Å²) in [7, 11) is 0. The minimum Gasteiger partial charge on any atom is -0.486 e. The van der Waals surface area contributed by atoms with Gasteiger partial charge in [0.25, 0.3) is 5.56 Å². The highest BCUT2D eigenvalue weighted by Gasteiger charge is 2.23. The second kappa shape index (κ2) is 8.49. The third-order valence-corrected chi connectivity index (χ3v) is 6.52. The lowest BCUT2D eigenvalue weighted by Crippen LogP contribution is -2.48. The molecule has 8 nitrogen and oxygen atoms in total. The van der Waals surface area contributed by atoms with Crippen LogP contribution in [0.15, 0.2) is 34.6 Å². The Hall–Kier alpha value is -2.62. The van der Waals surface area contributed by atoms with Crippen molar-refractivity contribution in [2.24, 2.45) is 0 Å². The summed E-state index contributed by atoms with van der Waals surface area (Å²) < 4.78 is 12.7. The maximum absolute atomic E-state index is 12.8. The minimum absolute atomic E-state index is 0.0590. The molecule has 0 spiro atoms. The molecular weight excluding hydrogens is 440 g/mol. The highest BCUT2D eigenvalue weighted by molar-refractivity contribution is 7.15. The molecule has 4 heterocycles. The van der Waals surface area contributed by atoms with E-state index in [1.165, 1.54) is 11.3 Å². The zero-order valence-electron chi connectivity index (χ0n) is 16.8. The van der Waals surface area contributed by atoms with Crippen LogP contribution in [0.4, 0.5) is 0 Å². The van der Waals surface area contributed by atoms with Crippen molar-refractivity contribution < 1.29 is 14.3 Å². The molecule has 1 amide bonds. The molecule has 31 heavy (non-hydrogen) atoms. The van der Waals surface area contributed by atoms with Crippen molar-refractivity contribution in [2.75, 3.05) is 39.4 Å². The van der Waals surface area contributed by atoms with Gasteiger partial charge in [0.2, 0.25) is 5.91 Å². The lowest BCUT2D eigenvalue weighted by atomic mass is 10.1. The lowest BCUT2D eigenvalue weighted by molar-refractivity contribution is -0.132. The van der Waals surface area contributed by atoms with E-state index in [2.05, 4.69) is 9.88 Å². The molecule has 2 aliphatic rings. The van der Waals surface area contributed by atoms with Crippen LogP contribution < -0.4 is 15.0 Å². The molecule has 3 aromatic rings. The number of hydrogen-bond acceptors (Lipinski definition) is 7. The summed E-state index contributed by atoms with van der Waals surface area (Å²) in [5, 5.41) is 2.32. The molecule has 1 saturated heterocycles. The Morgan fingerprint density at radius 2 is 1.94 bits per heavy atom. The molecule has 2 aromatic heterocycles. The normalized spacial score (nSPS) is 16.6. The van der Waals surface area contributed by atoms with Gasteiger partial charge in [-0.25, -0.2) is 4.98 Å². The van der Waals surface area contributed by atoms with E-state index >= 15 is 0 Å². The lowest BCUT2D eigenvalue weighted by Gasteiger charge is -2.34. The zero-order valence-corrected chi connectivity index (χ0v) is 18.3. The summed E-state index contributed by atoms with van der Waals surface area (Å²) in [6.07, 6.45) is 2.00. The van der Waals surface area contributed by atoms with Crippen molar-refractivity contribution in [2.45, 2.75) is 13.0 Å². The first-order chi connectivity index (χ1) is 15.1. The molecule has 1 fully saturated rings. The van der Waals surface area contributed by atoms with Gasteiger partial charge in [0.15, 0.2) is 16.5 Å². The average molecular weight is 461 g/mol. The highest BCUT2D eigenvalue weighted by Crippen LogP contribution is 2.38. The van der Waals surface area contributed by atoms with Gasteiger partial charge in [-0.15, -0.1) is 11.3 Å². The van der Waals surface area contributed by atoms with Crippen molar-refractivity contribution in [1.82, 2.24) is 19.2 Å². The van der Waals surface area contributed by atoms with Crippen LogP contribution in [0.3, 0.4) is 0 Å². The Morgan fingerprint density at radius 1 is 1.13 bits per heavy atom. The van der Waals surface area contributed by atoms with Crippen LogP contribution in [0.1, 0.15) is 11.3 Å². The van der Waals surface area contributed by atoms with Gasteiger partial charge in [-0.2, -0.15) is 0 Å². The van der Waals surface area contributed by atoms with Gasteiger partial charge < -0.3 is 14.4 Å². The number of hydrogen-bond donors (Lipinski definition) is 0. The molecule has 0 bridgehead atoms. The first-order valence-corrected chi connectivity index (χ1v) is 11.4. The summed E-state index contributed by atoms with van der Waals surface area (Å²) in [4.78, 5) is 34.3. The van der Waals surface area contributed by atoms with E-state index in [9.17, 15) is 9.59 Å². The number of fused-ring (bicyclic) bond motifs is 2. The molecule has 2 aliphatic heterocycles. The van der Waals surface area contributed by atoms with Gasteiger partial charge in [-0.05, 0) is 17.7 Å². The smallest absolute Gasteiger partial charge is 0.258 e. The third-order valence-electron chi connectivity index (χ3n) is 5.48. The van der Waals surface area contributed by atoms with Crippen molar-refractivity contribution in [3.05, 3.63) is 56.4 Å². The number of piperazine rings is 1. The molecule has 0 atom stereocenters. The summed E-state index contributed by atoms with van der Waals surface area (Å²) >= 11 is 7.73. The van der Waals surface area contributed by atoms with Crippen molar-refractivity contribution >= 4 is 33.8 Å². The van der Waals surface area contributed by atoms with Crippen LogP contribution in [0.5, 0.6) is 11.5 Å². The fourth-order valence-electron chi connectivity index (χ4n) is 3.91. The number of carbonyl (C=O) groups is 1. The fraction of sp³-hybridized carbons (Fsp3) is 0.381. The summed E-state index contributed by atoms with van der Waals surface area (Å²) in [6, 6.07) is 5.19. The monoisotopic (exact) mass is 460 g/mol. The largest absolute Gasteiger partial charge is 0.486 e.